The molecule has 1 aliphatic heterocycles. The molecule has 1 saturated heterocycles. The van der Waals surface area contributed by atoms with Crippen LogP contribution in [0.5, 0.6) is 0 Å². The zero-order valence-electron chi connectivity index (χ0n) is 16.3. The summed E-state index contributed by atoms with van der Waals surface area (Å²) in [7, 11) is 2.99. The number of nitrogens with zero attached hydrogens (tertiary/aromatic N) is 3. The quantitative estimate of drug-likeness (QED) is 0.758. The van der Waals surface area contributed by atoms with Crippen LogP contribution in [0, 0.1) is 0 Å². The average Bonchev–Trinajstić information content (AvgIpc) is 3.23. The molecule has 3 rings (SSSR count). The van der Waals surface area contributed by atoms with Gasteiger partial charge in [0.05, 0.1) is 11.6 Å². The highest BCUT2D eigenvalue weighted by atomic mass is 16.2. The maximum atomic E-state index is 12.3. The fourth-order valence-corrected chi connectivity index (χ4v) is 3.56. The summed E-state index contributed by atoms with van der Waals surface area (Å²) in [4.78, 5) is 38.6. The smallest absolute Gasteiger partial charge is 0.330 e. The normalized spacial score (nSPS) is 15.8. The van der Waals surface area contributed by atoms with Gasteiger partial charge in [-0.25, -0.2) is 4.79 Å². The third kappa shape index (κ3) is 4.48. The van der Waals surface area contributed by atoms with E-state index in [0.717, 1.165) is 17.7 Å². The minimum atomic E-state index is -0.425. The van der Waals surface area contributed by atoms with Gasteiger partial charge in [0.2, 0.25) is 5.91 Å². The van der Waals surface area contributed by atoms with Gasteiger partial charge in [0, 0.05) is 32.9 Å². The summed E-state index contributed by atoms with van der Waals surface area (Å²) < 4.78 is 2.34. The van der Waals surface area contributed by atoms with Crippen LogP contribution in [-0.2, 0) is 18.9 Å². The number of hydrogen-bond acceptors (Lipinski definition) is 4. The van der Waals surface area contributed by atoms with Crippen LogP contribution < -0.4 is 16.6 Å². The van der Waals surface area contributed by atoms with E-state index >= 15 is 0 Å². The fourth-order valence-electron chi connectivity index (χ4n) is 3.56. The van der Waals surface area contributed by atoms with Crippen LogP contribution in [0.1, 0.15) is 30.0 Å². The Kier molecular flexibility index (Phi) is 6.26. The first-order valence-corrected chi connectivity index (χ1v) is 9.49. The predicted molar refractivity (Wildman–Crippen MR) is 109 cm³/mol. The number of hydrogen-bond donors (Lipinski definition) is 1. The SMILES string of the molecule is Cn1cc(/C=C/C(=O)NCC(c2ccccc2)N2CCCC2)c(=O)n(C)c1=O. The monoisotopic (exact) mass is 382 g/mol. The Morgan fingerprint density at radius 2 is 1.82 bits per heavy atom. The van der Waals surface area contributed by atoms with Crippen LogP contribution in [0.15, 0.2) is 52.2 Å². The van der Waals surface area contributed by atoms with Gasteiger partial charge in [0.1, 0.15) is 0 Å². The van der Waals surface area contributed by atoms with Gasteiger partial charge in [-0.3, -0.25) is 19.1 Å². The zero-order chi connectivity index (χ0) is 20.1. The lowest BCUT2D eigenvalue weighted by molar-refractivity contribution is -0.116. The Balaban J connectivity index is 1.69. The molecule has 0 aliphatic carbocycles. The van der Waals surface area contributed by atoms with E-state index in [-0.39, 0.29) is 11.9 Å². The second kappa shape index (κ2) is 8.84. The number of carbonyl (C=O) groups is 1. The van der Waals surface area contributed by atoms with Crippen molar-refractivity contribution in [2.45, 2.75) is 18.9 Å². The van der Waals surface area contributed by atoms with Crippen molar-refractivity contribution < 1.29 is 4.79 Å². The van der Waals surface area contributed by atoms with Crippen molar-refractivity contribution in [3.8, 4) is 0 Å². The van der Waals surface area contributed by atoms with Gasteiger partial charge in [0.15, 0.2) is 0 Å². The van der Waals surface area contributed by atoms with Gasteiger partial charge in [-0.2, -0.15) is 0 Å². The molecule has 1 unspecified atom stereocenters. The number of amides is 1. The lowest BCUT2D eigenvalue weighted by Gasteiger charge is -2.28. The Bertz CT molecular complexity index is 969. The van der Waals surface area contributed by atoms with Gasteiger partial charge in [-0.1, -0.05) is 30.3 Å². The van der Waals surface area contributed by atoms with E-state index in [9.17, 15) is 14.4 Å². The van der Waals surface area contributed by atoms with Crippen molar-refractivity contribution in [1.29, 1.82) is 0 Å². The molecule has 7 heteroatoms. The maximum Gasteiger partial charge on any atom is 0.330 e. The average molecular weight is 382 g/mol. The van der Waals surface area contributed by atoms with Crippen LogP contribution in [0.4, 0.5) is 0 Å². The number of aryl methyl sites for hydroxylation is 1. The molecule has 1 amide bonds. The molecule has 0 saturated carbocycles. The minimum absolute atomic E-state index is 0.131. The second-order valence-corrected chi connectivity index (χ2v) is 7.09. The third-order valence-electron chi connectivity index (χ3n) is 5.12. The molecular weight excluding hydrogens is 356 g/mol. The van der Waals surface area contributed by atoms with E-state index in [0.29, 0.717) is 12.1 Å². The fraction of sp³-hybridized carbons (Fsp3) is 0.381. The van der Waals surface area contributed by atoms with Crippen molar-refractivity contribution in [3.05, 3.63) is 74.6 Å². The molecular formula is C21H26N4O3. The number of rotatable bonds is 6. The summed E-state index contributed by atoms with van der Waals surface area (Å²) >= 11 is 0. The summed E-state index contributed by atoms with van der Waals surface area (Å²) in [5, 5.41) is 2.94. The van der Waals surface area contributed by atoms with E-state index in [4.69, 9.17) is 0 Å². The molecule has 2 heterocycles. The molecule has 0 spiro atoms. The predicted octanol–water partition coefficient (Wildman–Crippen LogP) is 1.05. The Morgan fingerprint density at radius 3 is 2.50 bits per heavy atom. The van der Waals surface area contributed by atoms with Crippen molar-refractivity contribution in [2.24, 2.45) is 14.1 Å². The number of nitrogens with one attached hydrogen (secondary N) is 1. The van der Waals surface area contributed by atoms with Gasteiger partial charge in [-0.05, 0) is 37.6 Å². The molecule has 28 heavy (non-hydrogen) atoms. The highest BCUT2D eigenvalue weighted by molar-refractivity contribution is 5.91. The van der Waals surface area contributed by atoms with E-state index in [1.165, 1.54) is 48.4 Å². The molecule has 0 radical (unpaired) electrons. The molecule has 1 aromatic carbocycles. The minimum Gasteiger partial charge on any atom is -0.351 e. The lowest BCUT2D eigenvalue weighted by Crippen LogP contribution is -2.37. The Labute approximate surface area is 163 Å². The first-order chi connectivity index (χ1) is 13.5. The maximum absolute atomic E-state index is 12.3. The number of aromatic nitrogens is 2. The highest BCUT2D eigenvalue weighted by Crippen LogP contribution is 2.24. The molecule has 148 valence electrons. The van der Waals surface area contributed by atoms with E-state index < -0.39 is 11.2 Å². The second-order valence-electron chi connectivity index (χ2n) is 7.09. The van der Waals surface area contributed by atoms with E-state index in [2.05, 4.69) is 22.3 Å². The zero-order valence-corrected chi connectivity index (χ0v) is 16.3. The summed E-state index contributed by atoms with van der Waals surface area (Å²) in [6.07, 6.45) is 6.57. The van der Waals surface area contributed by atoms with Gasteiger partial charge >= 0.3 is 5.69 Å². The summed E-state index contributed by atoms with van der Waals surface area (Å²) in [5.41, 5.74) is 0.647. The topological polar surface area (TPSA) is 76.3 Å². The number of carbonyl (C=O) groups excluding carboxylic acids is 1. The first kappa shape index (κ1) is 19.8. The lowest BCUT2D eigenvalue weighted by atomic mass is 10.1. The van der Waals surface area contributed by atoms with E-state index in [1.54, 1.807) is 7.05 Å². The molecule has 7 nitrogen and oxygen atoms in total. The van der Waals surface area contributed by atoms with Gasteiger partial charge in [-0.15, -0.1) is 0 Å². The molecule has 0 bridgehead atoms. The van der Waals surface area contributed by atoms with Crippen LogP contribution in [0.25, 0.3) is 6.08 Å². The molecule has 1 aliphatic rings. The third-order valence-corrected chi connectivity index (χ3v) is 5.12. The summed E-state index contributed by atoms with van der Waals surface area (Å²) in [5.74, 6) is -0.268. The largest absolute Gasteiger partial charge is 0.351 e. The van der Waals surface area contributed by atoms with Gasteiger partial charge in [0.25, 0.3) is 5.56 Å². The Hall–Kier alpha value is -2.93. The molecule has 1 fully saturated rings. The summed E-state index contributed by atoms with van der Waals surface area (Å²) in [6, 6.07) is 10.3. The standard InChI is InChI=1S/C21H26N4O3/c1-23-15-17(20(27)24(2)21(23)28)10-11-19(26)22-14-18(25-12-6-7-13-25)16-8-4-3-5-9-16/h3-5,8-11,15,18H,6-7,12-14H2,1-2H3,(H,22,26)/b11-10+. The molecule has 1 N–H and O–H groups in total. The van der Waals surface area contributed by atoms with Crippen molar-refractivity contribution in [1.82, 2.24) is 19.4 Å². The summed E-state index contributed by atoms with van der Waals surface area (Å²) in [6.45, 7) is 2.55. The van der Waals surface area contributed by atoms with Crippen molar-refractivity contribution in [3.63, 3.8) is 0 Å². The van der Waals surface area contributed by atoms with Gasteiger partial charge < -0.3 is 9.88 Å². The molecule has 1 aromatic heterocycles. The number of likely N-dealkylation sites (tertiary alicyclic amines) is 1. The van der Waals surface area contributed by atoms with Crippen LogP contribution in [0.2, 0.25) is 0 Å². The van der Waals surface area contributed by atoms with Crippen molar-refractivity contribution in [2.75, 3.05) is 19.6 Å². The van der Waals surface area contributed by atoms with Crippen LogP contribution in [-0.4, -0.2) is 39.6 Å². The Morgan fingerprint density at radius 1 is 1.14 bits per heavy atom. The van der Waals surface area contributed by atoms with Crippen LogP contribution in [0.3, 0.4) is 0 Å². The van der Waals surface area contributed by atoms with E-state index in [1.807, 2.05) is 18.2 Å². The van der Waals surface area contributed by atoms with Crippen molar-refractivity contribution >= 4 is 12.0 Å². The highest BCUT2D eigenvalue weighted by Gasteiger charge is 2.23. The van der Waals surface area contributed by atoms with Crippen LogP contribution >= 0.6 is 0 Å². The molecule has 2 aromatic rings. The first-order valence-electron chi connectivity index (χ1n) is 9.49. The molecule has 1 atom stereocenters. The number of benzene rings is 1.